The second kappa shape index (κ2) is 6.54. The van der Waals surface area contributed by atoms with Gasteiger partial charge in [-0.15, -0.1) is 0 Å². The Hall–Kier alpha value is -0.170. The average molecular weight is 250 g/mol. The molecule has 0 aliphatic rings. The van der Waals surface area contributed by atoms with Crippen molar-refractivity contribution in [2.24, 2.45) is 0 Å². The molecule has 4 nitrogen and oxygen atoms in total. The van der Waals surface area contributed by atoms with Crippen molar-refractivity contribution < 1.29 is 46.7 Å². The van der Waals surface area contributed by atoms with Crippen LogP contribution in [0.15, 0.2) is 42.5 Å². The van der Waals surface area contributed by atoms with Gasteiger partial charge in [-0.2, -0.15) is 0 Å². The maximum absolute atomic E-state index is 10.5. The molecule has 0 fully saturated rings. The van der Waals surface area contributed by atoms with Crippen molar-refractivity contribution in [2.45, 2.75) is 13.0 Å². The predicted molar refractivity (Wildman–Crippen MR) is 54.8 cm³/mol. The summed E-state index contributed by atoms with van der Waals surface area (Å²) in [6, 6.07) is 8.58. The topological polar surface area (TPSA) is 66.4 Å². The standard InChI is InChI=1S/C10H12O4S.Na/c1-8(2)10(14-15(11,12)13)9-6-4-3-5-7-9;/h3-7,10H,1H2,2H3,(H,11,12,13);/q;+1/p-1. The van der Waals surface area contributed by atoms with Crippen molar-refractivity contribution in [3.05, 3.63) is 48.0 Å². The molecule has 0 amide bonds. The minimum atomic E-state index is -4.73. The first-order valence-corrected chi connectivity index (χ1v) is 5.58. The van der Waals surface area contributed by atoms with Gasteiger partial charge in [0, 0.05) is 0 Å². The fraction of sp³-hybridized carbons (Fsp3) is 0.200. The minimum absolute atomic E-state index is 0. The molecular formula is C10H11NaO4S. The van der Waals surface area contributed by atoms with Crippen LogP contribution in [0.3, 0.4) is 0 Å². The molecule has 0 heterocycles. The fourth-order valence-corrected chi connectivity index (χ4v) is 1.68. The summed E-state index contributed by atoms with van der Waals surface area (Å²) in [5.74, 6) is 0. The van der Waals surface area contributed by atoms with Gasteiger partial charge in [0.05, 0.1) is 0 Å². The first-order chi connectivity index (χ1) is 6.90. The Morgan fingerprint density at radius 3 is 2.25 bits per heavy atom. The Labute approximate surface area is 118 Å². The molecule has 0 saturated carbocycles. The maximum atomic E-state index is 10.5. The molecule has 1 unspecified atom stereocenters. The summed E-state index contributed by atoms with van der Waals surface area (Å²) < 4.78 is 35.9. The molecule has 0 aliphatic carbocycles. The van der Waals surface area contributed by atoms with Crippen molar-refractivity contribution in [1.82, 2.24) is 0 Å². The third-order valence-electron chi connectivity index (χ3n) is 1.76. The van der Waals surface area contributed by atoms with E-state index in [1.807, 2.05) is 0 Å². The van der Waals surface area contributed by atoms with Crippen LogP contribution in [0, 0.1) is 0 Å². The Kier molecular flexibility index (Phi) is 6.47. The van der Waals surface area contributed by atoms with E-state index in [-0.39, 0.29) is 29.6 Å². The van der Waals surface area contributed by atoms with Crippen molar-refractivity contribution in [3.8, 4) is 0 Å². The molecule has 0 radical (unpaired) electrons. The van der Waals surface area contributed by atoms with Gasteiger partial charge in [0.1, 0.15) is 6.10 Å². The summed E-state index contributed by atoms with van der Waals surface area (Å²) in [5.41, 5.74) is 1.05. The summed E-state index contributed by atoms with van der Waals surface area (Å²) in [6.07, 6.45) is -0.909. The van der Waals surface area contributed by atoms with Crippen molar-refractivity contribution in [3.63, 3.8) is 0 Å². The van der Waals surface area contributed by atoms with E-state index in [9.17, 15) is 13.0 Å². The maximum Gasteiger partial charge on any atom is 1.00 e. The Balaban J connectivity index is 0.00000225. The molecule has 0 aromatic heterocycles. The SMILES string of the molecule is C=C(C)C(OS(=O)(=O)[O-])c1ccccc1.[Na+]. The van der Waals surface area contributed by atoms with E-state index >= 15 is 0 Å². The Morgan fingerprint density at radius 1 is 1.38 bits per heavy atom. The van der Waals surface area contributed by atoms with Gasteiger partial charge in [0.2, 0.25) is 10.4 Å². The van der Waals surface area contributed by atoms with Gasteiger partial charge in [-0.1, -0.05) is 36.9 Å². The van der Waals surface area contributed by atoms with Gasteiger partial charge in [-0.3, -0.25) is 4.18 Å². The molecule has 1 aromatic rings. The van der Waals surface area contributed by atoms with Gasteiger partial charge >= 0.3 is 29.6 Å². The van der Waals surface area contributed by atoms with Gasteiger partial charge in [0.15, 0.2) is 0 Å². The van der Waals surface area contributed by atoms with Gasteiger partial charge in [-0.25, -0.2) is 8.42 Å². The smallest absolute Gasteiger partial charge is 0.725 e. The first-order valence-electron chi connectivity index (χ1n) is 4.24. The summed E-state index contributed by atoms with van der Waals surface area (Å²) in [7, 11) is -4.73. The molecular weight excluding hydrogens is 239 g/mol. The molecule has 16 heavy (non-hydrogen) atoms. The monoisotopic (exact) mass is 250 g/mol. The van der Waals surface area contributed by atoms with Gasteiger partial charge in [-0.05, 0) is 18.1 Å². The molecule has 0 bridgehead atoms. The van der Waals surface area contributed by atoms with Crippen LogP contribution < -0.4 is 29.6 Å². The quantitative estimate of drug-likeness (QED) is 0.291. The molecule has 82 valence electrons. The zero-order valence-electron chi connectivity index (χ0n) is 9.21. The molecule has 0 spiro atoms. The summed E-state index contributed by atoms with van der Waals surface area (Å²) in [4.78, 5) is 0. The van der Waals surface area contributed by atoms with E-state index < -0.39 is 16.5 Å². The normalized spacial score (nSPS) is 12.6. The van der Waals surface area contributed by atoms with Crippen LogP contribution in [-0.4, -0.2) is 13.0 Å². The second-order valence-electron chi connectivity index (χ2n) is 3.14. The zero-order valence-corrected chi connectivity index (χ0v) is 12.0. The van der Waals surface area contributed by atoms with E-state index in [1.165, 1.54) is 0 Å². The third kappa shape index (κ3) is 5.25. The first kappa shape index (κ1) is 15.8. The zero-order chi connectivity index (χ0) is 11.5. The van der Waals surface area contributed by atoms with Crippen LogP contribution in [-0.2, 0) is 14.6 Å². The molecule has 6 heteroatoms. The number of benzene rings is 1. The average Bonchev–Trinajstić information content (AvgIpc) is 2.14. The number of hydrogen-bond acceptors (Lipinski definition) is 4. The largest absolute Gasteiger partial charge is 1.00 e. The Morgan fingerprint density at radius 2 is 1.88 bits per heavy atom. The second-order valence-corrected chi connectivity index (χ2v) is 4.15. The summed E-state index contributed by atoms with van der Waals surface area (Å²) >= 11 is 0. The molecule has 0 saturated heterocycles. The van der Waals surface area contributed by atoms with Crippen molar-refractivity contribution in [1.29, 1.82) is 0 Å². The van der Waals surface area contributed by atoms with E-state index in [0.29, 0.717) is 11.1 Å². The van der Waals surface area contributed by atoms with Crippen LogP contribution in [0.5, 0.6) is 0 Å². The van der Waals surface area contributed by atoms with E-state index in [1.54, 1.807) is 37.3 Å². The van der Waals surface area contributed by atoms with Crippen LogP contribution in [0.2, 0.25) is 0 Å². The number of rotatable bonds is 4. The molecule has 1 atom stereocenters. The van der Waals surface area contributed by atoms with Gasteiger partial charge < -0.3 is 4.55 Å². The van der Waals surface area contributed by atoms with E-state index in [2.05, 4.69) is 10.8 Å². The van der Waals surface area contributed by atoms with Crippen LogP contribution in [0.4, 0.5) is 0 Å². The van der Waals surface area contributed by atoms with E-state index in [0.717, 1.165) is 0 Å². The summed E-state index contributed by atoms with van der Waals surface area (Å²) in [5, 5.41) is 0. The Bertz CT molecular complexity index is 441. The van der Waals surface area contributed by atoms with Crippen molar-refractivity contribution >= 4 is 10.4 Å². The van der Waals surface area contributed by atoms with Crippen LogP contribution >= 0.6 is 0 Å². The van der Waals surface area contributed by atoms with Crippen LogP contribution in [0.1, 0.15) is 18.6 Å². The summed E-state index contributed by atoms with van der Waals surface area (Å²) in [6.45, 7) is 5.19. The third-order valence-corrected chi connectivity index (χ3v) is 2.19. The van der Waals surface area contributed by atoms with Crippen LogP contribution in [0.25, 0.3) is 0 Å². The molecule has 1 rings (SSSR count). The molecule has 0 N–H and O–H groups in total. The number of hydrogen-bond donors (Lipinski definition) is 0. The molecule has 0 aliphatic heterocycles. The molecule has 1 aromatic carbocycles. The predicted octanol–water partition coefficient (Wildman–Crippen LogP) is -1.22. The van der Waals surface area contributed by atoms with Crippen molar-refractivity contribution in [2.75, 3.05) is 0 Å². The van der Waals surface area contributed by atoms with Gasteiger partial charge in [0.25, 0.3) is 0 Å². The van der Waals surface area contributed by atoms with E-state index in [4.69, 9.17) is 0 Å². The minimum Gasteiger partial charge on any atom is -0.725 e. The fourth-order valence-electron chi connectivity index (χ4n) is 1.17.